The summed E-state index contributed by atoms with van der Waals surface area (Å²) in [6.45, 7) is 0. The first-order chi connectivity index (χ1) is 20.3. The maximum absolute atomic E-state index is 6.77. The Morgan fingerprint density at radius 2 is 0.927 bits per heavy atom. The highest BCUT2D eigenvalue weighted by Crippen LogP contribution is 2.51. The molecular weight excluding hydrogens is 496 g/mol. The predicted molar refractivity (Wildman–Crippen MR) is 173 cm³/mol. The summed E-state index contributed by atoms with van der Waals surface area (Å²) in [5.41, 5.74) is 7.13. The van der Waals surface area contributed by atoms with Crippen molar-refractivity contribution in [3.8, 4) is 44.9 Å². The van der Waals surface area contributed by atoms with Crippen LogP contribution < -0.4 is 4.74 Å². The average Bonchev–Trinajstić information content (AvgIpc) is 3.04. The lowest BCUT2D eigenvalue weighted by Crippen LogP contribution is -1.99. The summed E-state index contributed by atoms with van der Waals surface area (Å²) in [5, 5.41) is 9.87. The molecule has 0 bridgehead atoms. The molecule has 1 heteroatoms. The van der Waals surface area contributed by atoms with E-state index in [1.165, 1.54) is 59.8 Å². The lowest BCUT2D eigenvalue weighted by molar-refractivity contribution is 0.489. The number of rotatable bonds is 2. The van der Waals surface area contributed by atoms with Crippen LogP contribution in [0.15, 0.2) is 146 Å². The molecule has 0 saturated carbocycles. The third-order valence-electron chi connectivity index (χ3n) is 8.62. The Hall–Kier alpha value is -5.40. The predicted octanol–water partition coefficient (Wildman–Crippen LogP) is 11.4. The molecule has 1 heterocycles. The Labute approximate surface area is 237 Å². The number of para-hydroxylation sites is 1. The van der Waals surface area contributed by atoms with Crippen molar-refractivity contribution in [2.75, 3.05) is 0 Å². The number of hydrogen-bond donors (Lipinski definition) is 0. The maximum Gasteiger partial charge on any atom is 0.143 e. The molecule has 190 valence electrons. The van der Waals surface area contributed by atoms with Gasteiger partial charge in [-0.3, -0.25) is 0 Å². The second-order valence-corrected chi connectivity index (χ2v) is 10.9. The summed E-state index contributed by atoms with van der Waals surface area (Å²) in [7, 11) is 0. The monoisotopic (exact) mass is 520 g/mol. The van der Waals surface area contributed by atoms with Crippen molar-refractivity contribution in [1.82, 2.24) is 0 Å². The van der Waals surface area contributed by atoms with Crippen molar-refractivity contribution >= 4 is 43.1 Å². The summed E-state index contributed by atoms with van der Waals surface area (Å²) in [6.07, 6.45) is 0. The van der Waals surface area contributed by atoms with Crippen molar-refractivity contribution in [2.45, 2.75) is 0 Å². The van der Waals surface area contributed by atoms with Gasteiger partial charge >= 0.3 is 0 Å². The van der Waals surface area contributed by atoms with Crippen LogP contribution in [0.3, 0.4) is 0 Å². The molecule has 0 saturated heterocycles. The molecule has 0 unspecified atom stereocenters. The molecular formula is C40H24O. The second kappa shape index (κ2) is 8.55. The first-order valence-electron chi connectivity index (χ1n) is 14.1. The zero-order chi connectivity index (χ0) is 26.9. The molecule has 0 N–H and O–H groups in total. The van der Waals surface area contributed by atoms with Crippen LogP contribution >= 0.6 is 0 Å². The van der Waals surface area contributed by atoms with E-state index in [1.807, 2.05) is 0 Å². The van der Waals surface area contributed by atoms with E-state index in [1.54, 1.807) is 0 Å². The maximum atomic E-state index is 6.77. The minimum absolute atomic E-state index is 0.925. The van der Waals surface area contributed by atoms with Crippen LogP contribution in [-0.4, -0.2) is 0 Å². The summed E-state index contributed by atoms with van der Waals surface area (Å²) in [6, 6.07) is 52.5. The van der Waals surface area contributed by atoms with Crippen LogP contribution in [0, 0.1) is 0 Å². The molecule has 1 aliphatic rings. The van der Waals surface area contributed by atoms with E-state index in [-0.39, 0.29) is 0 Å². The third kappa shape index (κ3) is 3.36. The molecule has 0 amide bonds. The Morgan fingerprint density at radius 1 is 0.341 bits per heavy atom. The fourth-order valence-corrected chi connectivity index (χ4v) is 6.68. The quantitative estimate of drug-likeness (QED) is 0.206. The van der Waals surface area contributed by atoms with Crippen LogP contribution in [0.25, 0.3) is 76.5 Å². The Balaban J connectivity index is 1.19. The molecule has 0 aromatic heterocycles. The van der Waals surface area contributed by atoms with Crippen LogP contribution in [0.4, 0.5) is 0 Å². The fourth-order valence-electron chi connectivity index (χ4n) is 6.68. The van der Waals surface area contributed by atoms with Gasteiger partial charge in [0.2, 0.25) is 0 Å². The summed E-state index contributed by atoms with van der Waals surface area (Å²) < 4.78 is 6.77. The van der Waals surface area contributed by atoms with Gasteiger partial charge in [-0.25, -0.2) is 0 Å². The van der Waals surface area contributed by atoms with Gasteiger partial charge in [-0.1, -0.05) is 127 Å². The molecule has 0 atom stereocenters. The summed E-state index contributed by atoms with van der Waals surface area (Å²) >= 11 is 0. The lowest BCUT2D eigenvalue weighted by Gasteiger charge is -2.24. The molecule has 0 aliphatic carbocycles. The number of fused-ring (bicyclic) bond motifs is 6. The molecule has 8 aromatic carbocycles. The minimum atomic E-state index is 0.925. The molecule has 0 fully saturated rings. The van der Waals surface area contributed by atoms with Crippen molar-refractivity contribution in [3.63, 3.8) is 0 Å². The number of hydrogen-bond acceptors (Lipinski definition) is 1. The van der Waals surface area contributed by atoms with Crippen LogP contribution in [0.5, 0.6) is 11.5 Å². The van der Waals surface area contributed by atoms with Gasteiger partial charge in [-0.15, -0.1) is 0 Å². The first kappa shape index (κ1) is 22.4. The highest BCUT2D eigenvalue weighted by Gasteiger charge is 2.24. The Bertz CT molecular complexity index is 2340. The van der Waals surface area contributed by atoms with Crippen molar-refractivity contribution in [2.24, 2.45) is 0 Å². The van der Waals surface area contributed by atoms with E-state index >= 15 is 0 Å². The van der Waals surface area contributed by atoms with Gasteiger partial charge in [-0.05, 0) is 78.2 Å². The van der Waals surface area contributed by atoms with Gasteiger partial charge in [0.15, 0.2) is 0 Å². The van der Waals surface area contributed by atoms with Gasteiger partial charge in [0, 0.05) is 16.5 Å². The molecule has 9 rings (SSSR count). The van der Waals surface area contributed by atoms with Crippen molar-refractivity contribution < 1.29 is 4.74 Å². The van der Waals surface area contributed by atoms with E-state index in [9.17, 15) is 0 Å². The molecule has 0 spiro atoms. The van der Waals surface area contributed by atoms with Crippen LogP contribution in [0.2, 0.25) is 0 Å². The zero-order valence-electron chi connectivity index (χ0n) is 22.3. The SMILES string of the molecule is c1cc(-c2ccc3cc(-c4cccc5ccccc45)ccc3c2)c2c(c1)-c1cccc3c1c(cc1ccccc13)O2. The summed E-state index contributed by atoms with van der Waals surface area (Å²) in [4.78, 5) is 0. The zero-order valence-corrected chi connectivity index (χ0v) is 22.3. The van der Waals surface area contributed by atoms with E-state index in [0.29, 0.717) is 0 Å². The standard InChI is InChI=1S/C40H24O/c1-3-11-31-25(8-1)10-5-13-32(31)29-20-18-27-23-30(21-19-26(27)22-29)34-14-6-17-37-36-16-7-15-35-33-12-4-2-9-28(33)24-38(39(35)36)41-40(34)37/h1-24H. The van der Waals surface area contributed by atoms with Crippen LogP contribution in [0.1, 0.15) is 0 Å². The topological polar surface area (TPSA) is 9.23 Å². The molecule has 1 nitrogen and oxygen atoms in total. The van der Waals surface area contributed by atoms with Gasteiger partial charge in [0.1, 0.15) is 11.5 Å². The van der Waals surface area contributed by atoms with Crippen molar-refractivity contribution in [3.05, 3.63) is 146 Å². The Kier molecular flexibility index (Phi) is 4.67. The highest BCUT2D eigenvalue weighted by atomic mass is 16.5. The molecule has 0 radical (unpaired) electrons. The smallest absolute Gasteiger partial charge is 0.143 e. The van der Waals surface area contributed by atoms with E-state index in [0.717, 1.165) is 28.2 Å². The van der Waals surface area contributed by atoms with Gasteiger partial charge in [0.25, 0.3) is 0 Å². The normalized spacial score (nSPS) is 12.1. The molecule has 1 aliphatic heterocycles. The molecule has 41 heavy (non-hydrogen) atoms. The van der Waals surface area contributed by atoms with E-state index in [4.69, 9.17) is 4.74 Å². The van der Waals surface area contributed by atoms with Gasteiger partial charge in [0.05, 0.1) is 0 Å². The number of ether oxygens (including phenoxy) is 1. The third-order valence-corrected chi connectivity index (χ3v) is 8.62. The number of benzene rings is 8. The van der Waals surface area contributed by atoms with Gasteiger partial charge in [-0.2, -0.15) is 0 Å². The average molecular weight is 521 g/mol. The summed E-state index contributed by atoms with van der Waals surface area (Å²) in [5.74, 6) is 1.85. The minimum Gasteiger partial charge on any atom is -0.455 e. The molecule has 8 aromatic rings. The lowest BCUT2D eigenvalue weighted by atomic mass is 9.89. The Morgan fingerprint density at radius 3 is 1.78 bits per heavy atom. The largest absolute Gasteiger partial charge is 0.455 e. The van der Waals surface area contributed by atoms with Gasteiger partial charge < -0.3 is 4.74 Å². The van der Waals surface area contributed by atoms with E-state index in [2.05, 4.69) is 146 Å². The van der Waals surface area contributed by atoms with E-state index < -0.39 is 0 Å². The second-order valence-electron chi connectivity index (χ2n) is 10.9. The fraction of sp³-hybridized carbons (Fsp3) is 0. The van der Waals surface area contributed by atoms with Crippen molar-refractivity contribution in [1.29, 1.82) is 0 Å². The first-order valence-corrected chi connectivity index (χ1v) is 14.1. The highest BCUT2D eigenvalue weighted by molar-refractivity contribution is 6.17. The van der Waals surface area contributed by atoms with Crippen LogP contribution in [-0.2, 0) is 0 Å².